The van der Waals surface area contributed by atoms with E-state index in [0.29, 0.717) is 0 Å². The number of halogens is 1. The molecule has 0 bridgehead atoms. The topological polar surface area (TPSA) is 46.2 Å². The number of benzene rings is 1. The Hall–Kier alpha value is -0.940. The van der Waals surface area contributed by atoms with Crippen molar-refractivity contribution in [3.63, 3.8) is 0 Å². The van der Waals surface area contributed by atoms with Crippen LogP contribution in [0.3, 0.4) is 0 Å². The van der Waals surface area contributed by atoms with Gasteiger partial charge >= 0.3 is 0 Å². The second-order valence-electron chi connectivity index (χ2n) is 4.80. The fourth-order valence-corrected chi connectivity index (χ4v) is 3.81. The fourth-order valence-electron chi connectivity index (χ4n) is 2.34. The molecule has 1 fully saturated rings. The fraction of sp³-hybridized carbons (Fsp3) is 0.538. The number of rotatable bonds is 4. The number of hydrogen-bond donors (Lipinski definition) is 1. The number of nitrogens with one attached hydrogen (secondary N) is 1. The van der Waals surface area contributed by atoms with E-state index >= 15 is 0 Å². The van der Waals surface area contributed by atoms with E-state index < -0.39 is 15.8 Å². The van der Waals surface area contributed by atoms with Crippen LogP contribution in [-0.2, 0) is 15.8 Å². The molecule has 0 aromatic heterocycles. The van der Waals surface area contributed by atoms with Crippen LogP contribution in [0.25, 0.3) is 0 Å². The summed E-state index contributed by atoms with van der Waals surface area (Å²) in [6.07, 6.45) is 5.07. The lowest BCUT2D eigenvalue weighted by molar-refractivity contribution is 0.412. The lowest BCUT2D eigenvalue weighted by Crippen LogP contribution is -2.37. The predicted octanol–water partition coefficient (Wildman–Crippen LogP) is 2.58. The van der Waals surface area contributed by atoms with Crippen LogP contribution in [0.5, 0.6) is 0 Å². The van der Waals surface area contributed by atoms with Crippen LogP contribution in [0.15, 0.2) is 24.3 Å². The number of hydrogen-bond acceptors (Lipinski definition) is 2. The highest BCUT2D eigenvalue weighted by Crippen LogP contribution is 2.19. The summed E-state index contributed by atoms with van der Waals surface area (Å²) in [5.74, 6) is -0.748. The van der Waals surface area contributed by atoms with Gasteiger partial charge in [0.25, 0.3) is 0 Å². The van der Waals surface area contributed by atoms with Gasteiger partial charge in [0, 0.05) is 11.6 Å². The molecule has 5 heteroatoms. The summed E-state index contributed by atoms with van der Waals surface area (Å²) in [6, 6.07) is 6.02. The first-order chi connectivity index (χ1) is 8.57. The molecule has 0 heterocycles. The average Bonchev–Trinajstić information content (AvgIpc) is 2.32. The van der Waals surface area contributed by atoms with E-state index in [4.69, 9.17) is 0 Å². The first-order valence-corrected chi connectivity index (χ1v) is 7.95. The van der Waals surface area contributed by atoms with Crippen molar-refractivity contribution in [1.82, 2.24) is 4.72 Å². The van der Waals surface area contributed by atoms with E-state index in [9.17, 15) is 12.8 Å². The van der Waals surface area contributed by atoms with E-state index in [1.54, 1.807) is 12.1 Å². The summed E-state index contributed by atoms with van der Waals surface area (Å²) < 4.78 is 40.0. The van der Waals surface area contributed by atoms with Crippen LogP contribution in [0, 0.1) is 5.82 Å². The van der Waals surface area contributed by atoms with Crippen molar-refractivity contribution in [2.24, 2.45) is 0 Å². The zero-order chi connectivity index (χ0) is 13.0. The minimum Gasteiger partial charge on any atom is -0.212 e. The third kappa shape index (κ3) is 3.78. The van der Waals surface area contributed by atoms with Crippen LogP contribution >= 0.6 is 0 Å². The summed E-state index contributed by atoms with van der Waals surface area (Å²) in [4.78, 5) is 0. The highest BCUT2D eigenvalue weighted by Gasteiger charge is 2.21. The molecule has 2 rings (SSSR count). The van der Waals surface area contributed by atoms with Crippen LogP contribution < -0.4 is 4.72 Å². The van der Waals surface area contributed by atoms with Gasteiger partial charge in [-0.3, -0.25) is 0 Å². The summed E-state index contributed by atoms with van der Waals surface area (Å²) in [5, 5.41) is 0. The summed E-state index contributed by atoms with van der Waals surface area (Å²) >= 11 is 0. The molecular weight excluding hydrogens is 253 g/mol. The highest BCUT2D eigenvalue weighted by molar-refractivity contribution is 7.88. The van der Waals surface area contributed by atoms with Gasteiger partial charge in [-0.2, -0.15) is 0 Å². The van der Waals surface area contributed by atoms with Crippen molar-refractivity contribution < 1.29 is 12.8 Å². The molecule has 0 saturated heterocycles. The molecule has 1 aliphatic rings. The zero-order valence-electron chi connectivity index (χ0n) is 10.2. The predicted molar refractivity (Wildman–Crippen MR) is 69.0 cm³/mol. The lowest BCUT2D eigenvalue weighted by Gasteiger charge is -2.22. The Morgan fingerprint density at radius 2 is 1.83 bits per heavy atom. The molecule has 18 heavy (non-hydrogen) atoms. The number of sulfonamides is 1. The van der Waals surface area contributed by atoms with Crippen LogP contribution in [-0.4, -0.2) is 14.5 Å². The Morgan fingerprint density at radius 3 is 2.50 bits per heavy atom. The van der Waals surface area contributed by atoms with Gasteiger partial charge in [0.05, 0.1) is 5.75 Å². The summed E-state index contributed by atoms with van der Waals surface area (Å²) in [5.41, 5.74) is 0.223. The van der Waals surface area contributed by atoms with E-state index in [-0.39, 0.29) is 17.4 Å². The second-order valence-corrected chi connectivity index (χ2v) is 6.56. The Labute approximate surface area is 107 Å². The van der Waals surface area contributed by atoms with Crippen LogP contribution in [0.1, 0.15) is 37.7 Å². The molecule has 0 aliphatic heterocycles. The van der Waals surface area contributed by atoms with E-state index in [2.05, 4.69) is 4.72 Å². The average molecular weight is 271 g/mol. The first kappa shape index (κ1) is 13.5. The van der Waals surface area contributed by atoms with Crippen molar-refractivity contribution in [2.75, 3.05) is 0 Å². The van der Waals surface area contributed by atoms with Gasteiger partial charge in [0.1, 0.15) is 5.82 Å². The zero-order valence-corrected chi connectivity index (χ0v) is 11.0. The minimum atomic E-state index is -3.45. The Bertz CT molecular complexity index is 495. The molecule has 0 radical (unpaired) electrons. The molecule has 1 aromatic carbocycles. The van der Waals surface area contributed by atoms with Gasteiger partial charge in [-0.15, -0.1) is 0 Å². The molecule has 100 valence electrons. The maximum absolute atomic E-state index is 13.4. The normalized spacial score (nSPS) is 17.8. The lowest BCUT2D eigenvalue weighted by atomic mass is 9.96. The van der Waals surface area contributed by atoms with E-state index in [0.717, 1.165) is 25.7 Å². The molecule has 1 aliphatic carbocycles. The first-order valence-electron chi connectivity index (χ1n) is 6.30. The van der Waals surface area contributed by atoms with Gasteiger partial charge in [0.2, 0.25) is 10.0 Å². The summed E-state index contributed by atoms with van der Waals surface area (Å²) in [7, 11) is -3.45. The van der Waals surface area contributed by atoms with Crippen molar-refractivity contribution in [1.29, 1.82) is 0 Å². The molecule has 1 N–H and O–H groups in total. The third-order valence-electron chi connectivity index (χ3n) is 3.25. The molecule has 1 saturated carbocycles. The molecule has 0 amide bonds. The third-order valence-corrected chi connectivity index (χ3v) is 4.64. The van der Waals surface area contributed by atoms with Crippen LogP contribution in [0.2, 0.25) is 0 Å². The SMILES string of the molecule is O=S(=O)(Cc1ccccc1F)NC1CCCCC1. The molecule has 3 nitrogen and oxygen atoms in total. The Kier molecular flexibility index (Phi) is 4.35. The molecule has 1 aromatic rings. The Morgan fingerprint density at radius 1 is 1.17 bits per heavy atom. The van der Waals surface area contributed by atoms with Gasteiger partial charge in [0.15, 0.2) is 0 Å². The summed E-state index contributed by atoms with van der Waals surface area (Å²) in [6.45, 7) is 0. The van der Waals surface area contributed by atoms with Crippen molar-refractivity contribution in [3.05, 3.63) is 35.6 Å². The van der Waals surface area contributed by atoms with Gasteiger partial charge in [-0.25, -0.2) is 17.5 Å². The van der Waals surface area contributed by atoms with Crippen molar-refractivity contribution in [2.45, 2.75) is 43.9 Å². The maximum atomic E-state index is 13.4. The largest absolute Gasteiger partial charge is 0.216 e. The van der Waals surface area contributed by atoms with Gasteiger partial charge in [-0.1, -0.05) is 37.5 Å². The Balaban J connectivity index is 2.01. The maximum Gasteiger partial charge on any atom is 0.216 e. The standard InChI is InChI=1S/C13H18FNO2S/c14-13-9-5-4-6-11(13)10-18(16,17)15-12-7-2-1-3-8-12/h4-6,9,12,15H,1-3,7-8,10H2. The smallest absolute Gasteiger partial charge is 0.212 e. The van der Waals surface area contributed by atoms with E-state index in [1.165, 1.54) is 18.6 Å². The van der Waals surface area contributed by atoms with Gasteiger partial charge < -0.3 is 0 Å². The van der Waals surface area contributed by atoms with Gasteiger partial charge in [-0.05, 0) is 18.9 Å². The quantitative estimate of drug-likeness (QED) is 0.915. The monoisotopic (exact) mass is 271 g/mol. The van der Waals surface area contributed by atoms with Crippen molar-refractivity contribution >= 4 is 10.0 Å². The highest BCUT2D eigenvalue weighted by atomic mass is 32.2. The van der Waals surface area contributed by atoms with E-state index in [1.807, 2.05) is 0 Å². The molecule has 0 spiro atoms. The van der Waals surface area contributed by atoms with Crippen LogP contribution in [0.4, 0.5) is 4.39 Å². The van der Waals surface area contributed by atoms with Crippen molar-refractivity contribution in [3.8, 4) is 0 Å². The molecule has 0 unspecified atom stereocenters. The molecular formula is C13H18FNO2S. The second kappa shape index (κ2) is 5.80. The molecule has 0 atom stereocenters. The minimum absolute atomic E-state index is 0.0236.